The van der Waals surface area contributed by atoms with Gasteiger partial charge in [0, 0.05) is 18.4 Å². The quantitative estimate of drug-likeness (QED) is 0.815. The summed E-state index contributed by atoms with van der Waals surface area (Å²) in [6.07, 6.45) is 2.31. The first kappa shape index (κ1) is 17.9. The lowest BCUT2D eigenvalue weighted by Gasteiger charge is -2.34. The van der Waals surface area contributed by atoms with E-state index < -0.39 is 15.6 Å². The second kappa shape index (κ2) is 6.62. The van der Waals surface area contributed by atoms with Crippen molar-refractivity contribution in [2.75, 3.05) is 13.1 Å². The minimum absolute atomic E-state index is 0.00583. The predicted octanol–water partition coefficient (Wildman–Crippen LogP) is 3.41. The van der Waals surface area contributed by atoms with Gasteiger partial charge in [-0.15, -0.1) is 0 Å². The van der Waals surface area contributed by atoms with Crippen LogP contribution in [0.4, 0.5) is 0 Å². The van der Waals surface area contributed by atoms with Crippen LogP contribution < -0.4 is 4.74 Å². The Bertz CT molecular complexity index is 1010. The Morgan fingerprint density at radius 2 is 1.85 bits per heavy atom. The van der Waals surface area contributed by atoms with Crippen LogP contribution in [-0.2, 0) is 10.0 Å². The van der Waals surface area contributed by atoms with Crippen LogP contribution in [0.25, 0.3) is 6.08 Å². The molecular weight excluding hydrogens is 362 g/mol. The lowest BCUT2D eigenvalue weighted by atomic mass is 9.89. The number of hydrogen-bond acceptors (Lipinski definition) is 4. The lowest BCUT2D eigenvalue weighted by molar-refractivity contribution is 0.0499. The van der Waals surface area contributed by atoms with Gasteiger partial charge in [0.1, 0.15) is 11.4 Å². The van der Waals surface area contributed by atoms with E-state index in [2.05, 4.69) is 0 Å². The van der Waals surface area contributed by atoms with Gasteiger partial charge in [-0.1, -0.05) is 42.0 Å². The van der Waals surface area contributed by atoms with Gasteiger partial charge < -0.3 is 4.74 Å². The highest BCUT2D eigenvalue weighted by Gasteiger charge is 2.48. The number of ketones is 1. The Morgan fingerprint density at radius 3 is 2.63 bits per heavy atom. The average molecular weight is 383 g/mol. The van der Waals surface area contributed by atoms with E-state index in [1.54, 1.807) is 24.3 Å². The maximum Gasteiger partial charge on any atom is 0.236 e. The van der Waals surface area contributed by atoms with E-state index in [0.29, 0.717) is 24.3 Å². The fourth-order valence-corrected chi connectivity index (χ4v) is 4.89. The second-order valence-corrected chi connectivity index (χ2v) is 9.04. The summed E-state index contributed by atoms with van der Waals surface area (Å²) in [5.41, 5.74) is 1.76. The number of hydrogen-bond donors (Lipinski definition) is 0. The van der Waals surface area contributed by atoms with E-state index >= 15 is 0 Å². The van der Waals surface area contributed by atoms with Crippen molar-refractivity contribution in [3.8, 4) is 5.75 Å². The first-order chi connectivity index (χ1) is 12.9. The zero-order valence-electron chi connectivity index (χ0n) is 15.1. The molecule has 6 heteroatoms. The Kier molecular flexibility index (Phi) is 4.40. The number of sulfonamides is 1. The molecule has 27 heavy (non-hydrogen) atoms. The Balaban J connectivity index is 1.52. The highest BCUT2D eigenvalue weighted by atomic mass is 32.2. The number of ether oxygens (including phenoxy) is 1. The summed E-state index contributed by atoms with van der Waals surface area (Å²) < 4.78 is 33.0. The first-order valence-electron chi connectivity index (χ1n) is 8.93. The maximum absolute atomic E-state index is 12.7. The minimum atomic E-state index is -3.58. The molecule has 1 saturated heterocycles. The third-order valence-corrected chi connectivity index (χ3v) is 6.66. The molecule has 5 nitrogen and oxygen atoms in total. The highest BCUT2D eigenvalue weighted by Crippen LogP contribution is 2.39. The molecule has 1 atom stereocenters. The Morgan fingerprint density at radius 1 is 1.11 bits per heavy atom. The average Bonchev–Trinajstić information content (AvgIpc) is 3.05. The summed E-state index contributed by atoms with van der Waals surface area (Å²) in [5.74, 6) is 0.550. The molecule has 0 amide bonds. The Labute approximate surface area is 159 Å². The molecule has 0 aliphatic carbocycles. The van der Waals surface area contributed by atoms with Crippen LogP contribution in [0.2, 0.25) is 0 Å². The van der Waals surface area contributed by atoms with E-state index in [0.717, 1.165) is 11.1 Å². The second-order valence-electron chi connectivity index (χ2n) is 7.22. The van der Waals surface area contributed by atoms with Crippen LogP contribution in [0, 0.1) is 6.92 Å². The molecule has 140 valence electrons. The van der Waals surface area contributed by atoms with Crippen molar-refractivity contribution < 1.29 is 17.9 Å². The molecule has 1 unspecified atom stereocenters. The van der Waals surface area contributed by atoms with Crippen molar-refractivity contribution in [1.82, 2.24) is 4.31 Å². The maximum atomic E-state index is 12.7. The Hall–Kier alpha value is -2.44. The van der Waals surface area contributed by atoms with E-state index in [-0.39, 0.29) is 18.7 Å². The predicted molar refractivity (Wildman–Crippen MR) is 104 cm³/mol. The zero-order chi connectivity index (χ0) is 19.1. The molecule has 2 aromatic rings. The van der Waals surface area contributed by atoms with Gasteiger partial charge in [-0.25, -0.2) is 8.42 Å². The number of carbonyl (C=O) groups excluding carboxylic acids is 1. The van der Waals surface area contributed by atoms with Crippen LogP contribution in [0.3, 0.4) is 0 Å². The van der Waals surface area contributed by atoms with Crippen molar-refractivity contribution in [1.29, 1.82) is 0 Å². The van der Waals surface area contributed by atoms with E-state index in [1.165, 1.54) is 9.71 Å². The topological polar surface area (TPSA) is 63.7 Å². The van der Waals surface area contributed by atoms with Gasteiger partial charge in [0.15, 0.2) is 5.78 Å². The molecule has 0 aromatic heterocycles. The molecule has 0 saturated carbocycles. The number of nitrogens with zero attached hydrogens (tertiary/aromatic N) is 1. The summed E-state index contributed by atoms with van der Waals surface area (Å²) in [6.45, 7) is 2.52. The molecule has 0 bridgehead atoms. The first-order valence-corrected chi connectivity index (χ1v) is 10.4. The van der Waals surface area contributed by atoms with Crippen molar-refractivity contribution >= 4 is 21.9 Å². The number of aryl methyl sites for hydroxylation is 1. The number of fused-ring (bicyclic) bond motifs is 1. The number of rotatable bonds is 3. The summed E-state index contributed by atoms with van der Waals surface area (Å²) >= 11 is 0. The fraction of sp³-hybridized carbons (Fsp3) is 0.286. The zero-order valence-corrected chi connectivity index (χ0v) is 15.9. The van der Waals surface area contributed by atoms with E-state index in [9.17, 15) is 13.2 Å². The number of benzene rings is 2. The van der Waals surface area contributed by atoms with Crippen molar-refractivity contribution in [3.63, 3.8) is 0 Å². The van der Waals surface area contributed by atoms with Gasteiger partial charge in [-0.2, -0.15) is 4.31 Å². The summed E-state index contributed by atoms with van der Waals surface area (Å²) in [4.78, 5) is 12.5. The summed E-state index contributed by atoms with van der Waals surface area (Å²) in [7, 11) is -3.58. The van der Waals surface area contributed by atoms with Crippen LogP contribution in [0.1, 0.15) is 34.3 Å². The molecular formula is C21H21NO4S. The molecule has 2 aliphatic heterocycles. The van der Waals surface area contributed by atoms with Crippen molar-refractivity contribution in [2.24, 2.45) is 0 Å². The fourth-order valence-electron chi connectivity index (χ4n) is 3.62. The van der Waals surface area contributed by atoms with Gasteiger partial charge in [0.2, 0.25) is 10.0 Å². The third-order valence-electron chi connectivity index (χ3n) is 5.15. The summed E-state index contributed by atoms with van der Waals surface area (Å²) in [5, 5.41) is 1.23. The number of carbonyl (C=O) groups is 1. The van der Waals surface area contributed by atoms with Gasteiger partial charge in [0.05, 0.1) is 18.5 Å². The molecule has 0 N–H and O–H groups in total. The number of para-hydroxylation sites is 1. The molecule has 0 radical (unpaired) electrons. The largest absolute Gasteiger partial charge is 0.485 e. The summed E-state index contributed by atoms with van der Waals surface area (Å²) in [6, 6.07) is 14.8. The van der Waals surface area contributed by atoms with Crippen LogP contribution in [-0.4, -0.2) is 37.2 Å². The molecule has 1 fully saturated rings. The highest BCUT2D eigenvalue weighted by molar-refractivity contribution is 7.92. The molecule has 2 aromatic carbocycles. The van der Waals surface area contributed by atoms with Crippen LogP contribution in [0.5, 0.6) is 5.75 Å². The van der Waals surface area contributed by atoms with E-state index in [4.69, 9.17) is 4.74 Å². The smallest absolute Gasteiger partial charge is 0.236 e. The molecule has 2 aliphatic rings. The molecule has 2 heterocycles. The SMILES string of the molecule is Cc1ccc(C=CS(=O)(=O)N2CCC3(CC(=O)c4ccccc4O3)C2)cc1. The molecule has 1 spiro atoms. The van der Waals surface area contributed by atoms with Crippen molar-refractivity contribution in [2.45, 2.75) is 25.4 Å². The number of Topliss-reactive ketones (excluding diaryl/α,β-unsaturated/α-hetero) is 1. The van der Waals surface area contributed by atoms with Crippen LogP contribution >= 0.6 is 0 Å². The third kappa shape index (κ3) is 3.55. The van der Waals surface area contributed by atoms with Crippen LogP contribution in [0.15, 0.2) is 53.9 Å². The van der Waals surface area contributed by atoms with Gasteiger partial charge in [-0.3, -0.25) is 4.79 Å². The van der Waals surface area contributed by atoms with E-state index in [1.807, 2.05) is 37.3 Å². The van der Waals surface area contributed by atoms with Gasteiger partial charge in [-0.05, 0) is 30.7 Å². The normalized spacial score (nSPS) is 22.9. The standard InChI is InChI=1S/C21H21NO4S/c1-16-6-8-17(9-7-16)10-13-27(24,25)22-12-11-21(15-22)14-19(23)18-4-2-3-5-20(18)26-21/h2-10,13H,11-12,14-15H2,1H3. The van der Waals surface area contributed by atoms with Crippen molar-refractivity contribution in [3.05, 3.63) is 70.6 Å². The van der Waals surface area contributed by atoms with Gasteiger partial charge in [0.25, 0.3) is 0 Å². The lowest BCUT2D eigenvalue weighted by Crippen LogP contribution is -2.45. The molecule has 4 rings (SSSR count). The van der Waals surface area contributed by atoms with Gasteiger partial charge >= 0.3 is 0 Å². The minimum Gasteiger partial charge on any atom is -0.485 e. The monoisotopic (exact) mass is 383 g/mol.